The van der Waals surface area contributed by atoms with Crippen molar-refractivity contribution in [1.82, 2.24) is 9.78 Å². The molecule has 174 valence electrons. The number of nitrogens with one attached hydrogen (secondary N) is 2. The Hall–Kier alpha value is -3.69. The average molecular weight is 460 g/mol. The van der Waals surface area contributed by atoms with Gasteiger partial charge in [-0.05, 0) is 48.9 Å². The van der Waals surface area contributed by atoms with Gasteiger partial charge in [-0.1, -0.05) is 12.1 Å². The van der Waals surface area contributed by atoms with E-state index >= 15 is 0 Å². The zero-order valence-electron chi connectivity index (χ0n) is 18.0. The number of carbonyl (C=O) groups is 1. The second-order valence-electron chi connectivity index (χ2n) is 7.53. The second-order valence-corrected chi connectivity index (χ2v) is 7.53. The Labute approximate surface area is 188 Å². The minimum atomic E-state index is -4.53. The van der Waals surface area contributed by atoms with Crippen molar-refractivity contribution < 1.29 is 27.4 Å². The van der Waals surface area contributed by atoms with Gasteiger partial charge in [0.05, 0.1) is 19.8 Å². The molecule has 1 aliphatic rings. The van der Waals surface area contributed by atoms with Crippen molar-refractivity contribution in [2.24, 2.45) is 0 Å². The number of carbonyl (C=O) groups excluding carboxylic acids is 1. The molecule has 2 heterocycles. The Bertz CT molecular complexity index is 1110. The van der Waals surface area contributed by atoms with Crippen LogP contribution in [0.3, 0.4) is 0 Å². The number of nitrogens with zero attached hydrogens (tertiary/aromatic N) is 2. The molecular weight excluding hydrogens is 437 g/mol. The summed E-state index contributed by atoms with van der Waals surface area (Å²) in [5.74, 6) is 0.779. The van der Waals surface area contributed by atoms with Crippen LogP contribution in [0.4, 0.5) is 24.7 Å². The number of methoxy groups -OCH3 is 1. The fourth-order valence-corrected chi connectivity index (χ4v) is 3.74. The van der Waals surface area contributed by atoms with Gasteiger partial charge >= 0.3 is 6.18 Å². The fraction of sp³-hybridized carbons (Fsp3) is 0.304. The summed E-state index contributed by atoms with van der Waals surface area (Å²) in [4.78, 5) is 12.7. The molecule has 33 heavy (non-hydrogen) atoms. The molecule has 4 rings (SSSR count). The number of hydrogen-bond donors (Lipinski definition) is 2. The first-order valence-corrected chi connectivity index (χ1v) is 10.4. The van der Waals surface area contributed by atoms with Gasteiger partial charge in [0.1, 0.15) is 17.3 Å². The fourth-order valence-electron chi connectivity index (χ4n) is 3.74. The summed E-state index contributed by atoms with van der Waals surface area (Å²) >= 11 is 0. The topological polar surface area (TPSA) is 77.4 Å². The van der Waals surface area contributed by atoms with Gasteiger partial charge in [-0.15, -0.1) is 0 Å². The molecule has 7 nitrogen and oxygen atoms in total. The molecule has 0 fully saturated rings. The predicted octanol–water partition coefficient (Wildman–Crippen LogP) is 5.20. The van der Waals surface area contributed by atoms with Crippen molar-refractivity contribution in [3.63, 3.8) is 0 Å². The molecular formula is C23H23F3N4O3. The Balaban J connectivity index is 1.57. The molecule has 1 aromatic heterocycles. The zero-order valence-corrected chi connectivity index (χ0v) is 18.0. The highest BCUT2D eigenvalue weighted by Gasteiger charge is 2.46. The van der Waals surface area contributed by atoms with Gasteiger partial charge in [0.25, 0.3) is 5.91 Å². The highest BCUT2D eigenvalue weighted by Crippen LogP contribution is 2.43. The normalized spacial score (nSPS) is 17.6. The van der Waals surface area contributed by atoms with Crippen LogP contribution in [0.1, 0.15) is 41.5 Å². The van der Waals surface area contributed by atoms with Crippen LogP contribution in [0.15, 0.2) is 54.6 Å². The van der Waals surface area contributed by atoms with Gasteiger partial charge in [0.15, 0.2) is 11.7 Å². The van der Waals surface area contributed by atoms with Crippen molar-refractivity contribution in [3.05, 3.63) is 65.9 Å². The number of anilines is 2. The number of halogens is 3. The molecule has 0 saturated carbocycles. The van der Waals surface area contributed by atoms with Crippen molar-refractivity contribution in [2.75, 3.05) is 24.4 Å². The summed E-state index contributed by atoms with van der Waals surface area (Å²) in [7, 11) is 1.52. The SMILES string of the molecule is CCOc1ccc(NC(=O)c2cc3n(n2)[C@@H](C(F)(F)F)C[C@H](c2ccc(OC)cc2)N3)cc1. The summed E-state index contributed by atoms with van der Waals surface area (Å²) in [6.45, 7) is 2.37. The van der Waals surface area contributed by atoms with Gasteiger partial charge in [-0.3, -0.25) is 4.79 Å². The number of fused-ring (bicyclic) bond motifs is 1. The van der Waals surface area contributed by atoms with Crippen molar-refractivity contribution >= 4 is 17.4 Å². The van der Waals surface area contributed by atoms with Gasteiger partial charge in [0.2, 0.25) is 0 Å². The standard InChI is InChI=1S/C23H23F3N4O3/c1-3-33-17-10-6-15(7-11-17)27-22(31)19-13-21-28-18(14-4-8-16(32-2)9-5-14)12-20(23(24,25)26)30(21)29-19/h4-11,13,18,20,28H,3,12H2,1-2H3,(H,27,31)/t18-,20-/m1/s1. The zero-order chi connectivity index (χ0) is 23.6. The number of rotatable bonds is 6. The summed E-state index contributed by atoms with van der Waals surface area (Å²) in [6, 6.07) is 12.4. The molecule has 0 unspecified atom stereocenters. The van der Waals surface area contributed by atoms with E-state index in [0.29, 0.717) is 29.4 Å². The van der Waals surface area contributed by atoms with E-state index < -0.39 is 24.2 Å². The van der Waals surface area contributed by atoms with Crippen molar-refractivity contribution in [3.8, 4) is 11.5 Å². The van der Waals surface area contributed by atoms with Crippen LogP contribution in [0.2, 0.25) is 0 Å². The van der Waals surface area contributed by atoms with Gasteiger partial charge in [-0.2, -0.15) is 18.3 Å². The minimum absolute atomic E-state index is 0.115. The van der Waals surface area contributed by atoms with E-state index in [1.807, 2.05) is 6.92 Å². The number of alkyl halides is 3. The molecule has 0 aliphatic carbocycles. The smallest absolute Gasteiger partial charge is 0.410 e. The Kier molecular flexibility index (Phi) is 6.17. The highest BCUT2D eigenvalue weighted by molar-refractivity contribution is 6.03. The van der Waals surface area contributed by atoms with Crippen LogP contribution >= 0.6 is 0 Å². The van der Waals surface area contributed by atoms with Crippen LogP contribution in [0.5, 0.6) is 11.5 Å². The Morgan fingerprint density at radius 1 is 1.15 bits per heavy atom. The third kappa shape index (κ3) is 4.89. The lowest BCUT2D eigenvalue weighted by Crippen LogP contribution is -2.35. The first-order valence-electron chi connectivity index (χ1n) is 10.4. The summed E-state index contributed by atoms with van der Waals surface area (Å²) in [5.41, 5.74) is 1.04. The van der Waals surface area contributed by atoms with E-state index in [0.717, 1.165) is 4.68 Å². The number of benzene rings is 2. The summed E-state index contributed by atoms with van der Waals surface area (Å²) < 4.78 is 52.9. The van der Waals surface area contributed by atoms with E-state index in [-0.39, 0.29) is 17.9 Å². The molecule has 0 saturated heterocycles. The van der Waals surface area contributed by atoms with E-state index in [1.165, 1.54) is 13.2 Å². The predicted molar refractivity (Wildman–Crippen MR) is 117 cm³/mol. The molecule has 1 aliphatic heterocycles. The molecule has 0 radical (unpaired) electrons. The van der Waals surface area contributed by atoms with Crippen LogP contribution < -0.4 is 20.1 Å². The minimum Gasteiger partial charge on any atom is -0.497 e. The average Bonchev–Trinajstić information content (AvgIpc) is 3.23. The summed E-state index contributed by atoms with van der Waals surface area (Å²) in [5, 5.41) is 9.70. The summed E-state index contributed by atoms with van der Waals surface area (Å²) in [6.07, 6.45) is -4.79. The molecule has 0 bridgehead atoms. The number of hydrogen-bond acceptors (Lipinski definition) is 5. The van der Waals surface area contributed by atoms with E-state index in [4.69, 9.17) is 9.47 Å². The molecule has 2 N–H and O–H groups in total. The first kappa shape index (κ1) is 22.5. The van der Waals surface area contributed by atoms with Crippen LogP contribution in [-0.2, 0) is 0 Å². The van der Waals surface area contributed by atoms with Gasteiger partial charge in [0, 0.05) is 18.2 Å². The van der Waals surface area contributed by atoms with E-state index in [1.54, 1.807) is 48.5 Å². The van der Waals surface area contributed by atoms with Crippen molar-refractivity contribution in [2.45, 2.75) is 31.6 Å². The second kappa shape index (κ2) is 9.05. The van der Waals surface area contributed by atoms with Crippen LogP contribution in [0, 0.1) is 0 Å². The van der Waals surface area contributed by atoms with Gasteiger partial charge < -0.3 is 20.1 Å². The van der Waals surface area contributed by atoms with Crippen molar-refractivity contribution in [1.29, 1.82) is 0 Å². The maximum Gasteiger partial charge on any atom is 0.410 e. The quantitative estimate of drug-likeness (QED) is 0.529. The lowest BCUT2D eigenvalue weighted by atomic mass is 9.97. The lowest BCUT2D eigenvalue weighted by Gasteiger charge is -2.33. The number of aromatic nitrogens is 2. The molecule has 1 amide bonds. The van der Waals surface area contributed by atoms with Gasteiger partial charge in [-0.25, -0.2) is 4.68 Å². The molecule has 3 aromatic rings. The highest BCUT2D eigenvalue weighted by atomic mass is 19.4. The largest absolute Gasteiger partial charge is 0.497 e. The Morgan fingerprint density at radius 3 is 2.42 bits per heavy atom. The Morgan fingerprint density at radius 2 is 1.82 bits per heavy atom. The van der Waals surface area contributed by atoms with E-state index in [9.17, 15) is 18.0 Å². The lowest BCUT2D eigenvalue weighted by molar-refractivity contribution is -0.173. The van der Waals surface area contributed by atoms with Crippen LogP contribution in [0.25, 0.3) is 0 Å². The number of amides is 1. The first-order chi connectivity index (χ1) is 15.8. The molecule has 0 spiro atoms. The monoisotopic (exact) mass is 460 g/mol. The number of ether oxygens (including phenoxy) is 2. The molecule has 2 atom stereocenters. The molecule has 10 heteroatoms. The van der Waals surface area contributed by atoms with Crippen LogP contribution in [-0.4, -0.2) is 35.6 Å². The maximum absolute atomic E-state index is 13.9. The van der Waals surface area contributed by atoms with E-state index in [2.05, 4.69) is 15.7 Å². The molecule has 2 aromatic carbocycles. The third-order valence-electron chi connectivity index (χ3n) is 5.36. The maximum atomic E-state index is 13.9. The third-order valence-corrected chi connectivity index (χ3v) is 5.36.